The lowest BCUT2D eigenvalue weighted by Crippen LogP contribution is -2.61. The normalized spacial score (nSPS) is 23.7. The van der Waals surface area contributed by atoms with Crippen molar-refractivity contribution in [2.24, 2.45) is 11.8 Å². The molecule has 1 N–H and O–H groups in total. The van der Waals surface area contributed by atoms with Gasteiger partial charge in [0.25, 0.3) is 11.2 Å². The molecule has 6 rings (SSSR count). The van der Waals surface area contributed by atoms with Crippen molar-refractivity contribution in [1.29, 1.82) is 0 Å². The Morgan fingerprint density at radius 1 is 1.14 bits per heavy atom. The molecule has 3 aliphatic heterocycles. The standard InChI is InChI=1S/C27H27N5O4/c33-25-3-1-2-23-19-12-20(16-30(23)25)26-22(27(34)29-11-8-17-6-9-28-10-7-17)14-18-13-21(32(35)36)4-5-24(18)31(26)15-19/h1-7,9-10,13,19-20,22,26H,8,11-12,14-16H2,(H,29,34)/t19?,20?,22-,26+/m1/s1. The zero-order chi connectivity index (χ0) is 24.8. The van der Waals surface area contributed by atoms with Crippen LogP contribution in [-0.2, 0) is 24.2 Å². The van der Waals surface area contributed by atoms with Crippen molar-refractivity contribution in [2.75, 3.05) is 18.0 Å². The number of nitro groups is 1. The minimum atomic E-state index is -0.385. The summed E-state index contributed by atoms with van der Waals surface area (Å²) in [5.74, 6) is -0.0918. The van der Waals surface area contributed by atoms with Gasteiger partial charge in [0.1, 0.15) is 0 Å². The number of hydrogen-bond acceptors (Lipinski definition) is 6. The van der Waals surface area contributed by atoms with Crippen LogP contribution in [0.2, 0.25) is 0 Å². The van der Waals surface area contributed by atoms with E-state index in [0.717, 1.165) is 28.9 Å². The summed E-state index contributed by atoms with van der Waals surface area (Å²) in [6.45, 7) is 1.76. The van der Waals surface area contributed by atoms with E-state index in [-0.39, 0.29) is 45.9 Å². The third-order valence-corrected chi connectivity index (χ3v) is 8.00. The Morgan fingerprint density at radius 2 is 1.97 bits per heavy atom. The lowest BCUT2D eigenvalue weighted by molar-refractivity contribution is -0.384. The van der Waals surface area contributed by atoms with Gasteiger partial charge in [-0.1, -0.05) is 6.07 Å². The van der Waals surface area contributed by atoms with Gasteiger partial charge in [-0.2, -0.15) is 0 Å². The average Bonchev–Trinajstić information content (AvgIpc) is 2.89. The third kappa shape index (κ3) is 3.84. The molecule has 0 saturated carbocycles. The van der Waals surface area contributed by atoms with Gasteiger partial charge in [0.2, 0.25) is 5.91 Å². The molecule has 0 spiro atoms. The maximum Gasteiger partial charge on any atom is 0.269 e. The molecular formula is C27H27N5O4. The van der Waals surface area contributed by atoms with Crippen LogP contribution in [0.3, 0.4) is 0 Å². The first-order chi connectivity index (χ1) is 17.5. The smallest absolute Gasteiger partial charge is 0.269 e. The molecule has 1 fully saturated rings. The molecule has 2 aromatic heterocycles. The zero-order valence-corrected chi connectivity index (χ0v) is 19.7. The number of anilines is 1. The molecule has 184 valence electrons. The van der Waals surface area contributed by atoms with Crippen LogP contribution in [0.25, 0.3) is 0 Å². The summed E-state index contributed by atoms with van der Waals surface area (Å²) in [5, 5.41) is 14.6. The second-order valence-electron chi connectivity index (χ2n) is 10.0. The molecule has 0 aliphatic carbocycles. The lowest BCUT2D eigenvalue weighted by Gasteiger charge is -2.54. The molecule has 4 atom stereocenters. The van der Waals surface area contributed by atoms with Crippen LogP contribution in [-0.4, -0.2) is 39.5 Å². The SMILES string of the molecule is O=C(NCCc1ccncc1)[C@@H]1Cc2cc([N+](=O)[O-])ccc2N2CC3CC(Cn4c3cccc4=O)[C@@H]12. The van der Waals surface area contributed by atoms with Crippen LogP contribution in [0.4, 0.5) is 11.4 Å². The fourth-order valence-corrected chi connectivity index (χ4v) is 6.46. The van der Waals surface area contributed by atoms with E-state index in [1.165, 1.54) is 0 Å². The quantitative estimate of drug-likeness (QED) is 0.440. The number of carbonyl (C=O) groups excluding carboxylic acids is 1. The number of amides is 1. The largest absolute Gasteiger partial charge is 0.366 e. The highest BCUT2D eigenvalue weighted by Crippen LogP contribution is 2.47. The van der Waals surface area contributed by atoms with E-state index in [1.807, 2.05) is 34.9 Å². The van der Waals surface area contributed by atoms with E-state index in [2.05, 4.69) is 15.2 Å². The van der Waals surface area contributed by atoms with Crippen LogP contribution >= 0.6 is 0 Å². The summed E-state index contributed by atoms with van der Waals surface area (Å²) >= 11 is 0. The number of hydrogen-bond donors (Lipinski definition) is 1. The second kappa shape index (κ2) is 8.89. The van der Waals surface area contributed by atoms with Gasteiger partial charge >= 0.3 is 0 Å². The highest BCUT2D eigenvalue weighted by Gasteiger charge is 2.49. The van der Waals surface area contributed by atoms with Crippen molar-refractivity contribution in [3.8, 4) is 0 Å². The van der Waals surface area contributed by atoms with Crippen LogP contribution in [0.15, 0.2) is 65.7 Å². The van der Waals surface area contributed by atoms with Crippen LogP contribution in [0, 0.1) is 22.0 Å². The summed E-state index contributed by atoms with van der Waals surface area (Å²) < 4.78 is 1.87. The molecular weight excluding hydrogens is 458 g/mol. The predicted molar refractivity (Wildman–Crippen MR) is 134 cm³/mol. The Labute approximate surface area is 207 Å². The maximum atomic E-state index is 13.6. The van der Waals surface area contributed by atoms with E-state index in [4.69, 9.17) is 0 Å². The van der Waals surface area contributed by atoms with E-state index in [0.29, 0.717) is 32.5 Å². The van der Waals surface area contributed by atoms with Gasteiger partial charge < -0.3 is 14.8 Å². The summed E-state index contributed by atoms with van der Waals surface area (Å²) in [7, 11) is 0. The molecule has 1 amide bonds. The number of piperidine rings is 1. The monoisotopic (exact) mass is 485 g/mol. The number of pyridine rings is 2. The highest BCUT2D eigenvalue weighted by atomic mass is 16.6. The summed E-state index contributed by atoms with van der Waals surface area (Å²) in [4.78, 5) is 43.6. The molecule has 36 heavy (non-hydrogen) atoms. The molecule has 9 nitrogen and oxygen atoms in total. The Morgan fingerprint density at radius 3 is 2.78 bits per heavy atom. The molecule has 0 radical (unpaired) electrons. The molecule has 3 aliphatic rings. The van der Waals surface area contributed by atoms with Gasteiger partial charge in [0, 0.05) is 73.6 Å². The Balaban J connectivity index is 1.33. The fourth-order valence-electron chi connectivity index (χ4n) is 6.46. The van der Waals surface area contributed by atoms with Crippen molar-refractivity contribution in [2.45, 2.75) is 37.8 Å². The van der Waals surface area contributed by atoms with Gasteiger partial charge in [0.05, 0.1) is 10.8 Å². The molecule has 2 bridgehead atoms. The Bertz CT molecular complexity index is 1390. The van der Waals surface area contributed by atoms with Gasteiger partial charge in [-0.15, -0.1) is 0 Å². The number of nitro benzene ring substituents is 1. The van der Waals surface area contributed by atoms with E-state index in [9.17, 15) is 19.7 Å². The van der Waals surface area contributed by atoms with E-state index >= 15 is 0 Å². The van der Waals surface area contributed by atoms with Crippen molar-refractivity contribution in [3.05, 3.63) is 98.2 Å². The van der Waals surface area contributed by atoms with Crippen LogP contribution in [0.1, 0.15) is 29.2 Å². The number of carbonyl (C=O) groups is 1. The van der Waals surface area contributed by atoms with Crippen LogP contribution in [0.5, 0.6) is 0 Å². The van der Waals surface area contributed by atoms with Crippen molar-refractivity contribution in [3.63, 3.8) is 0 Å². The number of non-ortho nitro benzene ring substituents is 1. The third-order valence-electron chi connectivity index (χ3n) is 8.00. The van der Waals surface area contributed by atoms with Crippen molar-refractivity contribution >= 4 is 17.3 Å². The highest BCUT2D eigenvalue weighted by molar-refractivity contribution is 5.82. The minimum absolute atomic E-state index is 0.000775. The first-order valence-corrected chi connectivity index (χ1v) is 12.4. The number of rotatable bonds is 5. The Hall–Kier alpha value is -4.01. The van der Waals surface area contributed by atoms with E-state index in [1.54, 1.807) is 30.6 Å². The first-order valence-electron chi connectivity index (χ1n) is 12.4. The van der Waals surface area contributed by atoms with Gasteiger partial charge in [0.15, 0.2) is 0 Å². The summed E-state index contributed by atoms with van der Waals surface area (Å²) in [6, 6.07) is 14.2. The number of fused-ring (bicyclic) bond motifs is 8. The second-order valence-corrected chi connectivity index (χ2v) is 10.0. The molecule has 9 heteroatoms. The number of benzene rings is 1. The zero-order valence-electron chi connectivity index (χ0n) is 19.7. The van der Waals surface area contributed by atoms with Gasteiger partial charge in [-0.05, 0) is 60.6 Å². The maximum absolute atomic E-state index is 13.6. The molecule has 5 heterocycles. The van der Waals surface area contributed by atoms with Gasteiger partial charge in [-0.3, -0.25) is 24.7 Å². The lowest BCUT2D eigenvalue weighted by atomic mass is 9.70. The molecule has 3 aromatic rings. The average molecular weight is 486 g/mol. The summed E-state index contributed by atoms with van der Waals surface area (Å²) in [6.07, 6.45) is 5.54. The minimum Gasteiger partial charge on any atom is -0.366 e. The number of aromatic nitrogens is 2. The fraction of sp³-hybridized carbons (Fsp3) is 0.370. The van der Waals surface area contributed by atoms with Crippen LogP contribution < -0.4 is 15.8 Å². The topological polar surface area (TPSA) is 110 Å². The van der Waals surface area contributed by atoms with Crippen molar-refractivity contribution in [1.82, 2.24) is 14.9 Å². The van der Waals surface area contributed by atoms with E-state index < -0.39 is 0 Å². The molecule has 2 unspecified atom stereocenters. The molecule has 1 aromatic carbocycles. The number of nitrogens with zero attached hydrogens (tertiary/aromatic N) is 4. The molecule has 1 saturated heterocycles. The number of nitrogens with one attached hydrogen (secondary N) is 1. The Kier molecular flexibility index (Phi) is 5.55. The van der Waals surface area contributed by atoms with Gasteiger partial charge in [-0.25, -0.2) is 0 Å². The predicted octanol–water partition coefficient (Wildman–Crippen LogP) is 2.68. The summed E-state index contributed by atoms with van der Waals surface area (Å²) in [5.41, 5.74) is 3.97. The first kappa shape index (κ1) is 22.5. The van der Waals surface area contributed by atoms with Crippen molar-refractivity contribution < 1.29 is 9.72 Å².